The first-order valence-electron chi connectivity index (χ1n) is 8.18. The normalized spacial score (nSPS) is 11.2. The van der Waals surface area contributed by atoms with Gasteiger partial charge in [-0.25, -0.2) is 4.98 Å². The van der Waals surface area contributed by atoms with E-state index in [9.17, 15) is 0 Å². The zero-order valence-electron chi connectivity index (χ0n) is 15.2. The third-order valence-corrected chi connectivity index (χ3v) is 4.14. The summed E-state index contributed by atoms with van der Waals surface area (Å²) in [5.41, 5.74) is 2.31. The number of thiazole rings is 1. The van der Waals surface area contributed by atoms with E-state index in [1.165, 1.54) is 5.56 Å². The van der Waals surface area contributed by atoms with E-state index in [0.717, 1.165) is 41.9 Å². The summed E-state index contributed by atoms with van der Waals surface area (Å²) >= 11 is 1.69. The van der Waals surface area contributed by atoms with Crippen LogP contribution in [-0.4, -0.2) is 30.6 Å². The van der Waals surface area contributed by atoms with Gasteiger partial charge in [-0.3, -0.25) is 4.99 Å². The van der Waals surface area contributed by atoms with Gasteiger partial charge in [-0.15, -0.1) is 35.3 Å². The lowest BCUT2D eigenvalue weighted by Crippen LogP contribution is -2.37. The Bertz CT molecular complexity index is 655. The minimum atomic E-state index is 0. The second kappa shape index (κ2) is 11.3. The predicted molar refractivity (Wildman–Crippen MR) is 116 cm³/mol. The molecule has 1 aromatic heterocycles. The van der Waals surface area contributed by atoms with E-state index in [0.29, 0.717) is 0 Å². The highest BCUT2D eigenvalue weighted by Gasteiger charge is 2.02. The maximum absolute atomic E-state index is 5.65. The molecule has 0 saturated heterocycles. The number of rotatable bonds is 7. The summed E-state index contributed by atoms with van der Waals surface area (Å²) in [5, 5.41) is 9.85. The van der Waals surface area contributed by atoms with Crippen molar-refractivity contribution in [3.63, 3.8) is 0 Å². The van der Waals surface area contributed by atoms with Crippen molar-refractivity contribution >= 4 is 41.3 Å². The lowest BCUT2D eigenvalue weighted by Gasteiger charge is -2.13. The Morgan fingerprint density at radius 2 is 1.96 bits per heavy atom. The molecule has 0 atom stereocenters. The van der Waals surface area contributed by atoms with E-state index in [2.05, 4.69) is 38.1 Å². The number of nitrogens with one attached hydrogen (secondary N) is 2. The average molecular weight is 474 g/mol. The van der Waals surface area contributed by atoms with Crippen molar-refractivity contribution in [1.29, 1.82) is 0 Å². The van der Waals surface area contributed by atoms with Crippen LogP contribution in [0, 0.1) is 6.92 Å². The van der Waals surface area contributed by atoms with Gasteiger partial charge in [-0.2, -0.15) is 0 Å². The number of hydrogen-bond acceptors (Lipinski definition) is 4. The van der Waals surface area contributed by atoms with Gasteiger partial charge >= 0.3 is 0 Å². The minimum Gasteiger partial charge on any atom is -0.491 e. The van der Waals surface area contributed by atoms with Gasteiger partial charge in [0.15, 0.2) is 5.96 Å². The van der Waals surface area contributed by atoms with Crippen LogP contribution in [0.5, 0.6) is 5.75 Å². The minimum absolute atomic E-state index is 0. The summed E-state index contributed by atoms with van der Waals surface area (Å²) in [4.78, 5) is 8.71. The maximum atomic E-state index is 5.65. The summed E-state index contributed by atoms with van der Waals surface area (Å²) in [6, 6.07) is 8.13. The second-order valence-electron chi connectivity index (χ2n) is 5.77. The second-order valence-corrected chi connectivity index (χ2v) is 6.83. The quantitative estimate of drug-likeness (QED) is 0.365. The number of nitrogens with zero attached hydrogens (tertiary/aromatic N) is 2. The van der Waals surface area contributed by atoms with Crippen LogP contribution in [0.2, 0.25) is 0 Å². The molecule has 1 aromatic carbocycles. The van der Waals surface area contributed by atoms with Crippen LogP contribution in [0.15, 0.2) is 34.6 Å². The molecule has 0 aliphatic carbocycles. The summed E-state index contributed by atoms with van der Waals surface area (Å²) in [6.07, 6.45) is 1.09. The molecule has 7 heteroatoms. The fraction of sp³-hybridized carbons (Fsp3) is 0.444. The molecular weight excluding hydrogens is 447 g/mol. The van der Waals surface area contributed by atoms with E-state index >= 15 is 0 Å². The van der Waals surface area contributed by atoms with E-state index < -0.39 is 0 Å². The number of benzene rings is 1. The largest absolute Gasteiger partial charge is 0.491 e. The third kappa shape index (κ3) is 8.04. The molecule has 0 aliphatic heterocycles. The Morgan fingerprint density at radius 1 is 1.24 bits per heavy atom. The molecule has 0 bridgehead atoms. The first kappa shape index (κ1) is 21.7. The number of guanidine groups is 1. The van der Waals surface area contributed by atoms with Crippen LogP contribution in [0.4, 0.5) is 0 Å². The van der Waals surface area contributed by atoms with Crippen molar-refractivity contribution in [2.45, 2.75) is 39.8 Å². The molecule has 2 N–H and O–H groups in total. The molecule has 1 heterocycles. The molecule has 5 nitrogen and oxygen atoms in total. The molecular formula is C18H27IN4OS. The highest BCUT2D eigenvalue weighted by molar-refractivity contribution is 14.0. The van der Waals surface area contributed by atoms with Gasteiger partial charge in [-0.05, 0) is 38.5 Å². The van der Waals surface area contributed by atoms with E-state index in [4.69, 9.17) is 4.74 Å². The SMILES string of the molecule is CN=C(NCCc1csc(C)n1)NCc1ccc(OC(C)C)cc1.I. The monoisotopic (exact) mass is 474 g/mol. The molecule has 0 fully saturated rings. The molecule has 0 aliphatic rings. The van der Waals surface area contributed by atoms with Crippen LogP contribution in [-0.2, 0) is 13.0 Å². The van der Waals surface area contributed by atoms with Crippen molar-refractivity contribution in [2.24, 2.45) is 4.99 Å². The highest BCUT2D eigenvalue weighted by atomic mass is 127. The maximum Gasteiger partial charge on any atom is 0.191 e. The summed E-state index contributed by atoms with van der Waals surface area (Å²) < 4.78 is 5.65. The summed E-state index contributed by atoms with van der Waals surface area (Å²) in [6.45, 7) is 7.61. The van der Waals surface area contributed by atoms with Crippen LogP contribution in [0.25, 0.3) is 0 Å². The lowest BCUT2D eigenvalue weighted by molar-refractivity contribution is 0.242. The molecule has 138 valence electrons. The lowest BCUT2D eigenvalue weighted by atomic mass is 10.2. The predicted octanol–water partition coefficient (Wildman–Crippen LogP) is 3.76. The zero-order chi connectivity index (χ0) is 17.4. The third-order valence-electron chi connectivity index (χ3n) is 3.32. The molecule has 0 unspecified atom stereocenters. The van der Waals surface area contributed by atoms with Crippen LogP contribution < -0.4 is 15.4 Å². The first-order valence-corrected chi connectivity index (χ1v) is 9.06. The van der Waals surface area contributed by atoms with E-state index in [1.54, 1.807) is 18.4 Å². The molecule has 2 aromatic rings. The van der Waals surface area contributed by atoms with Crippen LogP contribution >= 0.6 is 35.3 Å². The van der Waals surface area contributed by atoms with Crippen LogP contribution in [0.1, 0.15) is 30.1 Å². The molecule has 25 heavy (non-hydrogen) atoms. The van der Waals surface area contributed by atoms with Crippen molar-refractivity contribution < 1.29 is 4.74 Å². The van der Waals surface area contributed by atoms with Crippen molar-refractivity contribution in [3.8, 4) is 5.75 Å². The van der Waals surface area contributed by atoms with Crippen molar-refractivity contribution in [2.75, 3.05) is 13.6 Å². The van der Waals surface area contributed by atoms with Gasteiger partial charge in [-0.1, -0.05) is 12.1 Å². The molecule has 0 amide bonds. The van der Waals surface area contributed by atoms with Gasteiger partial charge < -0.3 is 15.4 Å². The number of aromatic nitrogens is 1. The van der Waals surface area contributed by atoms with E-state index in [1.807, 2.05) is 32.9 Å². The van der Waals surface area contributed by atoms with Crippen molar-refractivity contribution in [1.82, 2.24) is 15.6 Å². The van der Waals surface area contributed by atoms with Gasteiger partial charge in [0.2, 0.25) is 0 Å². The molecule has 0 spiro atoms. The van der Waals surface area contributed by atoms with Crippen LogP contribution in [0.3, 0.4) is 0 Å². The van der Waals surface area contributed by atoms with Gasteiger partial charge in [0.25, 0.3) is 0 Å². The summed E-state index contributed by atoms with van der Waals surface area (Å²) in [5.74, 6) is 1.69. The zero-order valence-corrected chi connectivity index (χ0v) is 18.4. The van der Waals surface area contributed by atoms with Gasteiger partial charge in [0.05, 0.1) is 16.8 Å². The average Bonchev–Trinajstić information content (AvgIpc) is 2.97. The van der Waals surface area contributed by atoms with Crippen molar-refractivity contribution in [3.05, 3.63) is 45.9 Å². The Labute approximate surface area is 171 Å². The fourth-order valence-corrected chi connectivity index (χ4v) is 2.84. The summed E-state index contributed by atoms with van der Waals surface area (Å²) in [7, 11) is 1.78. The molecule has 0 radical (unpaired) electrons. The Morgan fingerprint density at radius 3 is 2.52 bits per heavy atom. The number of ether oxygens (including phenoxy) is 1. The number of halogens is 1. The Balaban J connectivity index is 0.00000312. The molecule has 2 rings (SSSR count). The topological polar surface area (TPSA) is 58.5 Å². The smallest absolute Gasteiger partial charge is 0.191 e. The highest BCUT2D eigenvalue weighted by Crippen LogP contribution is 2.13. The van der Waals surface area contributed by atoms with E-state index in [-0.39, 0.29) is 30.1 Å². The Hall–Kier alpha value is -1.35. The number of aryl methyl sites for hydroxylation is 1. The van der Waals surface area contributed by atoms with Gasteiger partial charge in [0, 0.05) is 31.9 Å². The molecule has 0 saturated carbocycles. The number of aliphatic imine (C=N–C) groups is 1. The number of hydrogen-bond donors (Lipinski definition) is 2. The fourth-order valence-electron chi connectivity index (χ4n) is 2.20. The first-order chi connectivity index (χ1) is 11.6. The van der Waals surface area contributed by atoms with Gasteiger partial charge in [0.1, 0.15) is 5.75 Å². The Kier molecular flexibility index (Phi) is 9.81. The standard InChI is InChI=1S/C18H26N4OS.HI/c1-13(2)23-17-7-5-15(6-8-17)11-21-18(19-4)20-10-9-16-12-24-14(3)22-16;/h5-8,12-13H,9-11H2,1-4H3,(H2,19,20,21);1H.